The van der Waals surface area contributed by atoms with Crippen LogP contribution in [0, 0.1) is 23.7 Å². The van der Waals surface area contributed by atoms with Gasteiger partial charge in [0, 0.05) is 49.4 Å². The number of alkyl halides is 3. The van der Waals surface area contributed by atoms with Crippen LogP contribution in [0.2, 0.25) is 0 Å². The number of nitrogens with one attached hydrogen (secondary N) is 2. The number of amides is 2. The molecule has 4 heterocycles. The van der Waals surface area contributed by atoms with Crippen molar-refractivity contribution >= 4 is 29.8 Å². The molecule has 3 atom stereocenters. The van der Waals surface area contributed by atoms with Crippen molar-refractivity contribution in [1.82, 2.24) is 15.5 Å². The van der Waals surface area contributed by atoms with Gasteiger partial charge in [0.2, 0.25) is 5.91 Å². The summed E-state index contributed by atoms with van der Waals surface area (Å²) in [5, 5.41) is 5.95. The number of allylic oxidation sites excluding steroid dienone is 2. The zero-order valence-corrected chi connectivity index (χ0v) is 20.1. The van der Waals surface area contributed by atoms with Gasteiger partial charge in [0.1, 0.15) is 0 Å². The van der Waals surface area contributed by atoms with E-state index >= 15 is 0 Å². The van der Waals surface area contributed by atoms with Gasteiger partial charge in [-0.1, -0.05) is 30.7 Å². The first-order valence-electron chi connectivity index (χ1n) is 12.3. The van der Waals surface area contributed by atoms with Crippen molar-refractivity contribution in [3.63, 3.8) is 0 Å². The molecule has 34 heavy (non-hydrogen) atoms. The Morgan fingerprint density at radius 1 is 1.21 bits per heavy atom. The molecule has 6 nitrogen and oxygen atoms in total. The maximum absolute atomic E-state index is 13.4. The minimum Gasteiger partial charge on any atom is -0.352 e. The predicted octanol–water partition coefficient (Wildman–Crippen LogP) is 3.86. The van der Waals surface area contributed by atoms with Crippen molar-refractivity contribution in [2.24, 2.45) is 28.7 Å². The number of rotatable bonds is 7. The molecule has 0 spiro atoms. The van der Waals surface area contributed by atoms with Gasteiger partial charge in [-0.25, -0.2) is 0 Å². The van der Waals surface area contributed by atoms with Gasteiger partial charge in [-0.2, -0.15) is 13.2 Å². The second-order valence-electron chi connectivity index (χ2n) is 9.61. The van der Waals surface area contributed by atoms with E-state index in [4.69, 9.17) is 0 Å². The number of unbranched alkanes of at least 4 members (excludes halogenated alkanes) is 1. The molecular weight excluding hydrogens is 465 g/mol. The number of halogens is 3. The molecule has 0 aromatic heterocycles. The van der Waals surface area contributed by atoms with Crippen LogP contribution < -0.4 is 10.6 Å². The van der Waals surface area contributed by atoms with Gasteiger partial charge >= 0.3 is 6.18 Å². The normalized spacial score (nSPS) is 27.7. The van der Waals surface area contributed by atoms with Gasteiger partial charge in [0.05, 0.1) is 16.7 Å². The summed E-state index contributed by atoms with van der Waals surface area (Å²) in [4.78, 5) is 32.9. The molecule has 0 saturated carbocycles. The molecule has 4 rings (SSSR count). The van der Waals surface area contributed by atoms with E-state index in [-0.39, 0.29) is 30.7 Å². The van der Waals surface area contributed by atoms with Crippen molar-refractivity contribution in [3.8, 4) is 0 Å². The number of likely N-dealkylation sites (tertiary alicyclic amines) is 1. The molecule has 0 aromatic rings. The number of piperidine rings is 2. The van der Waals surface area contributed by atoms with E-state index in [9.17, 15) is 22.8 Å². The van der Waals surface area contributed by atoms with Crippen molar-refractivity contribution in [2.75, 3.05) is 32.7 Å². The molecule has 4 aliphatic heterocycles. The van der Waals surface area contributed by atoms with E-state index in [1.807, 2.05) is 18.5 Å². The summed E-state index contributed by atoms with van der Waals surface area (Å²) >= 11 is 1.50. The topological polar surface area (TPSA) is 73.8 Å². The number of fused-ring (bicyclic) bond motifs is 1. The number of aliphatic imine (C=N–C) groups is 1. The third-order valence-corrected chi connectivity index (χ3v) is 8.49. The molecule has 0 aromatic carbocycles. The molecule has 2 fully saturated rings. The lowest BCUT2D eigenvalue weighted by atomic mass is 9.83. The largest absolute Gasteiger partial charge is 0.392 e. The number of nitrogens with zero attached hydrogens (tertiary/aromatic N) is 2. The first-order chi connectivity index (χ1) is 16.3. The molecular formula is C24H33F3N4O2S. The van der Waals surface area contributed by atoms with Crippen LogP contribution in [0.4, 0.5) is 13.2 Å². The summed E-state index contributed by atoms with van der Waals surface area (Å²) in [6.45, 7) is 2.11. The van der Waals surface area contributed by atoms with E-state index in [2.05, 4.69) is 15.6 Å². The number of carbonyl (C=O) groups excluding carboxylic acids is 2. The first kappa shape index (κ1) is 25.3. The Bertz CT molecular complexity index is 850. The summed E-state index contributed by atoms with van der Waals surface area (Å²) < 4.78 is 40.1. The van der Waals surface area contributed by atoms with Crippen LogP contribution >= 0.6 is 11.8 Å². The highest BCUT2D eigenvalue weighted by molar-refractivity contribution is 8.07. The van der Waals surface area contributed by atoms with Crippen molar-refractivity contribution in [3.05, 3.63) is 22.1 Å². The van der Waals surface area contributed by atoms with Crippen LogP contribution in [0.15, 0.2) is 27.1 Å². The monoisotopic (exact) mass is 498 g/mol. The number of thioether (sulfide) groups is 1. The number of hydrogen-bond acceptors (Lipinski definition) is 5. The van der Waals surface area contributed by atoms with Crippen LogP contribution in [0.25, 0.3) is 0 Å². The Labute approximate surface area is 202 Å². The molecule has 0 radical (unpaired) electrons. The average molecular weight is 499 g/mol. The molecule has 3 unspecified atom stereocenters. The third kappa shape index (κ3) is 6.24. The molecule has 2 N–H and O–H groups in total. The first-order valence-corrected chi connectivity index (χ1v) is 13.1. The van der Waals surface area contributed by atoms with Crippen molar-refractivity contribution in [2.45, 2.75) is 51.1 Å². The summed E-state index contributed by atoms with van der Waals surface area (Å²) in [6, 6.07) is 0. The third-order valence-electron chi connectivity index (χ3n) is 7.31. The van der Waals surface area contributed by atoms with Gasteiger partial charge in [-0.15, -0.1) is 0 Å². The quantitative estimate of drug-likeness (QED) is 0.523. The van der Waals surface area contributed by atoms with E-state index in [0.29, 0.717) is 32.1 Å². The maximum Gasteiger partial charge on any atom is 0.392 e. The average Bonchev–Trinajstić information content (AvgIpc) is 3.28. The lowest BCUT2D eigenvalue weighted by molar-refractivity contribution is -0.199. The van der Waals surface area contributed by atoms with Crippen LogP contribution in [0.3, 0.4) is 0 Å². The second kappa shape index (κ2) is 11.3. The Morgan fingerprint density at radius 3 is 2.74 bits per heavy atom. The van der Waals surface area contributed by atoms with Gasteiger partial charge in [-0.05, 0) is 44.6 Å². The van der Waals surface area contributed by atoms with Crippen molar-refractivity contribution < 1.29 is 22.8 Å². The standard InChI is InChI=1S/C24H33F3N4O2S/c25-24(26,27)19-5-10-28-14-18(19)23(33)31-11-6-16(7-12-31)3-1-2-8-30-22(32)20-13-17-4-9-29-15-21(17)34-20/h9,13,15-19,28H,1-8,10-12,14H2,(H,30,32). The zero-order chi connectivity index (χ0) is 24.1. The number of carbonyl (C=O) groups is 2. The van der Waals surface area contributed by atoms with Gasteiger partial charge in [0.25, 0.3) is 5.91 Å². The Balaban J connectivity index is 1.12. The molecule has 2 saturated heterocycles. The van der Waals surface area contributed by atoms with E-state index in [1.54, 1.807) is 4.90 Å². The molecule has 188 valence electrons. The Hall–Kier alpha value is -1.81. The highest BCUT2D eigenvalue weighted by Crippen LogP contribution is 2.42. The fourth-order valence-electron chi connectivity index (χ4n) is 5.26. The van der Waals surface area contributed by atoms with Gasteiger partial charge < -0.3 is 15.5 Å². The predicted molar refractivity (Wildman–Crippen MR) is 127 cm³/mol. The molecule has 2 amide bonds. The molecule has 0 aliphatic carbocycles. The lowest BCUT2D eigenvalue weighted by Crippen LogP contribution is -2.52. The van der Waals surface area contributed by atoms with Crippen LogP contribution in [0.5, 0.6) is 0 Å². The van der Waals surface area contributed by atoms with Gasteiger partial charge in [-0.3, -0.25) is 14.6 Å². The summed E-state index contributed by atoms with van der Waals surface area (Å²) in [5.74, 6) is -2.16. The van der Waals surface area contributed by atoms with Crippen LogP contribution in [0.1, 0.15) is 44.9 Å². The van der Waals surface area contributed by atoms with E-state index < -0.39 is 18.0 Å². The molecule has 10 heteroatoms. The van der Waals surface area contributed by atoms with E-state index in [1.165, 1.54) is 11.8 Å². The Morgan fingerprint density at radius 2 is 2.00 bits per heavy atom. The van der Waals surface area contributed by atoms with Crippen LogP contribution in [-0.2, 0) is 9.59 Å². The minimum absolute atomic E-state index is 0.0264. The smallest absolute Gasteiger partial charge is 0.352 e. The molecule has 4 aliphatic rings. The summed E-state index contributed by atoms with van der Waals surface area (Å²) in [6.07, 6.45) is 6.75. The fourth-order valence-corrected chi connectivity index (χ4v) is 6.34. The molecule has 0 bridgehead atoms. The lowest BCUT2D eigenvalue weighted by Gasteiger charge is -2.38. The summed E-state index contributed by atoms with van der Waals surface area (Å²) in [5.41, 5.74) is 0. The highest BCUT2D eigenvalue weighted by Gasteiger charge is 2.49. The summed E-state index contributed by atoms with van der Waals surface area (Å²) in [7, 11) is 0. The van der Waals surface area contributed by atoms with Gasteiger partial charge in [0.15, 0.2) is 0 Å². The minimum atomic E-state index is -4.33. The van der Waals surface area contributed by atoms with E-state index in [0.717, 1.165) is 48.3 Å². The maximum atomic E-state index is 13.4. The SMILES string of the molecule is O=C(NCCCCC1CCN(C(=O)C2CNCCC2C(F)(F)F)CC1)C1=CC2CC=NC=C2S1. The van der Waals surface area contributed by atoms with Crippen LogP contribution in [-0.4, -0.2) is 61.8 Å². The second-order valence-corrected chi connectivity index (χ2v) is 10.7. The highest BCUT2D eigenvalue weighted by atomic mass is 32.2. The fraction of sp³-hybridized carbons (Fsp3) is 0.708. The van der Waals surface area contributed by atoms with Crippen molar-refractivity contribution in [1.29, 1.82) is 0 Å². The number of hydrogen-bond donors (Lipinski definition) is 2. The Kier molecular flexibility index (Phi) is 8.39. The zero-order valence-electron chi connectivity index (χ0n) is 19.3.